The van der Waals surface area contributed by atoms with Gasteiger partial charge in [-0.05, 0) is 106 Å². The van der Waals surface area contributed by atoms with Gasteiger partial charge in [-0.25, -0.2) is 13.2 Å². The molecule has 3 aliphatic rings. The van der Waals surface area contributed by atoms with Crippen molar-refractivity contribution in [1.82, 2.24) is 0 Å². The minimum atomic E-state index is -4.78. The molecule has 0 bridgehead atoms. The van der Waals surface area contributed by atoms with Crippen LogP contribution in [0.3, 0.4) is 0 Å². The first-order chi connectivity index (χ1) is 22.8. The fraction of sp³-hybridized carbons (Fsp3) is 0.622. The van der Waals surface area contributed by atoms with Gasteiger partial charge in [-0.15, -0.1) is 0 Å². The fourth-order valence-corrected chi connectivity index (χ4v) is 7.61. The molecule has 0 unspecified atom stereocenters. The Bertz CT molecular complexity index is 1350. The van der Waals surface area contributed by atoms with Crippen LogP contribution in [0.15, 0.2) is 36.4 Å². The predicted molar refractivity (Wildman–Crippen MR) is 167 cm³/mol. The van der Waals surface area contributed by atoms with Gasteiger partial charge in [-0.1, -0.05) is 26.2 Å². The highest BCUT2D eigenvalue weighted by atomic mass is 19.4. The van der Waals surface area contributed by atoms with Crippen LogP contribution in [0.5, 0.6) is 5.75 Å². The molecule has 1 aliphatic heterocycles. The first kappa shape index (κ1) is 36.6. The highest BCUT2D eigenvalue weighted by Gasteiger charge is 2.45. The van der Waals surface area contributed by atoms with Gasteiger partial charge in [0.2, 0.25) is 0 Å². The molecular weight excluding hydrogens is 644 g/mol. The Morgan fingerprint density at radius 3 is 1.90 bits per heavy atom. The van der Waals surface area contributed by atoms with Gasteiger partial charge in [0.05, 0.1) is 19.1 Å². The molecule has 3 nitrogen and oxygen atoms in total. The van der Waals surface area contributed by atoms with Crippen LogP contribution in [0.1, 0.15) is 89.5 Å². The third kappa shape index (κ3) is 9.52. The molecule has 0 atom stereocenters. The monoisotopic (exact) mass is 688 g/mol. The van der Waals surface area contributed by atoms with Crippen molar-refractivity contribution in [2.24, 2.45) is 29.6 Å². The van der Waals surface area contributed by atoms with Gasteiger partial charge in [0.15, 0.2) is 6.29 Å². The summed E-state index contributed by atoms with van der Waals surface area (Å²) < 4.78 is 129. The van der Waals surface area contributed by atoms with Crippen molar-refractivity contribution < 1.29 is 49.3 Å². The second-order valence-corrected chi connectivity index (χ2v) is 13.7. The van der Waals surface area contributed by atoms with Crippen LogP contribution in [0.4, 0.5) is 35.1 Å². The predicted octanol–water partition coefficient (Wildman–Crippen LogP) is 11.5. The maximum absolute atomic E-state index is 15.2. The smallest absolute Gasteiger partial charge is 0.409 e. The van der Waals surface area contributed by atoms with Crippen LogP contribution < -0.4 is 4.74 Å². The van der Waals surface area contributed by atoms with Crippen molar-refractivity contribution in [3.05, 3.63) is 59.4 Å². The molecule has 11 heteroatoms. The lowest BCUT2D eigenvalue weighted by Gasteiger charge is -2.41. The SMILES string of the molecule is CCCCCC1COC(C2CCC(C3CCC(C(F)(F)Oc4ccc(-c5cc(F)c(/C=C/C(F)(F)F)c(F)c5)c(F)c4)CC3)CC2)OC1. The van der Waals surface area contributed by atoms with Crippen molar-refractivity contribution in [3.63, 3.8) is 0 Å². The topological polar surface area (TPSA) is 27.7 Å². The van der Waals surface area contributed by atoms with Crippen molar-refractivity contribution in [3.8, 4) is 16.9 Å². The molecule has 2 aromatic carbocycles. The van der Waals surface area contributed by atoms with Crippen molar-refractivity contribution in [2.75, 3.05) is 13.2 Å². The highest BCUT2D eigenvalue weighted by Crippen LogP contribution is 2.46. The molecule has 3 fully saturated rings. The molecule has 48 heavy (non-hydrogen) atoms. The Hall–Kier alpha value is -2.66. The Morgan fingerprint density at radius 2 is 1.33 bits per heavy atom. The number of hydrogen-bond donors (Lipinski definition) is 0. The zero-order valence-electron chi connectivity index (χ0n) is 27.2. The van der Waals surface area contributed by atoms with Gasteiger partial charge < -0.3 is 14.2 Å². The largest absolute Gasteiger partial charge is 0.432 e. The molecule has 5 rings (SSSR count). The summed E-state index contributed by atoms with van der Waals surface area (Å²) in [5.74, 6) is -3.53. The van der Waals surface area contributed by atoms with E-state index in [9.17, 15) is 26.3 Å². The first-order valence-corrected chi connectivity index (χ1v) is 17.2. The van der Waals surface area contributed by atoms with E-state index in [1.807, 2.05) is 0 Å². The maximum Gasteiger partial charge on any atom is 0.409 e. The first-order valence-electron chi connectivity index (χ1n) is 17.2. The van der Waals surface area contributed by atoms with Crippen molar-refractivity contribution in [1.29, 1.82) is 0 Å². The summed E-state index contributed by atoms with van der Waals surface area (Å²) in [4.78, 5) is 0. The molecule has 0 amide bonds. The molecule has 0 N–H and O–H groups in total. The summed E-state index contributed by atoms with van der Waals surface area (Å²) >= 11 is 0. The van der Waals surface area contributed by atoms with E-state index in [4.69, 9.17) is 14.2 Å². The lowest BCUT2D eigenvalue weighted by atomic mass is 9.69. The third-order valence-electron chi connectivity index (χ3n) is 10.3. The van der Waals surface area contributed by atoms with E-state index < -0.39 is 47.0 Å². The second-order valence-electron chi connectivity index (χ2n) is 13.7. The number of hydrogen-bond acceptors (Lipinski definition) is 3. The molecule has 1 heterocycles. The van der Waals surface area contributed by atoms with Crippen LogP contribution in [0.2, 0.25) is 0 Å². The van der Waals surface area contributed by atoms with E-state index in [1.54, 1.807) is 0 Å². The second kappa shape index (κ2) is 15.9. The Labute approximate surface area is 277 Å². The van der Waals surface area contributed by atoms with E-state index in [0.29, 0.717) is 54.7 Å². The standard InChI is InChI=1S/C37H44F8O3/c1-2-3-4-5-23-21-46-35(47-22-23)26-8-6-24(7-9-26)25-10-12-28(13-11-25)37(44,45)48-29-14-15-30(34(40)20-29)27-18-32(38)31(33(39)19-27)16-17-36(41,42)43/h14-20,23-26,28,35H,2-13,21-22H2,1H3/b17-16+. The number of ether oxygens (including phenoxy) is 3. The fourth-order valence-electron chi connectivity index (χ4n) is 7.61. The number of alkyl halides is 5. The average Bonchev–Trinajstić information content (AvgIpc) is 3.04. The van der Waals surface area contributed by atoms with Crippen molar-refractivity contribution >= 4 is 6.08 Å². The van der Waals surface area contributed by atoms with Crippen LogP contribution in [-0.4, -0.2) is 31.8 Å². The lowest BCUT2D eigenvalue weighted by molar-refractivity contribution is -0.232. The molecule has 0 spiro atoms. The number of allylic oxidation sites excluding steroid dienone is 1. The van der Waals surface area contributed by atoms with Gasteiger partial charge in [-0.2, -0.15) is 22.0 Å². The van der Waals surface area contributed by atoms with Crippen LogP contribution in [0.25, 0.3) is 17.2 Å². The molecule has 0 aromatic heterocycles. The maximum atomic E-state index is 15.2. The average molecular weight is 689 g/mol. The molecule has 2 aromatic rings. The highest BCUT2D eigenvalue weighted by molar-refractivity contribution is 5.68. The minimum absolute atomic E-state index is 0.143. The number of halogens is 8. The van der Waals surface area contributed by atoms with Gasteiger partial charge >= 0.3 is 12.3 Å². The molecule has 2 aliphatic carbocycles. The summed E-state index contributed by atoms with van der Waals surface area (Å²) in [7, 11) is 0. The van der Waals surface area contributed by atoms with E-state index in [0.717, 1.165) is 57.5 Å². The zero-order chi connectivity index (χ0) is 34.5. The molecule has 0 radical (unpaired) electrons. The summed E-state index contributed by atoms with van der Waals surface area (Å²) in [5.41, 5.74) is -1.56. The van der Waals surface area contributed by atoms with E-state index in [2.05, 4.69) is 6.92 Å². The lowest BCUT2D eigenvalue weighted by Crippen LogP contribution is -2.40. The summed E-state index contributed by atoms with van der Waals surface area (Å²) in [6.45, 7) is 3.71. The van der Waals surface area contributed by atoms with Gasteiger partial charge in [0.25, 0.3) is 0 Å². The molecule has 2 saturated carbocycles. The summed E-state index contributed by atoms with van der Waals surface area (Å²) in [5, 5.41) is 0. The van der Waals surface area contributed by atoms with Gasteiger partial charge in [0.1, 0.15) is 23.2 Å². The van der Waals surface area contributed by atoms with Crippen LogP contribution in [0, 0.1) is 47.0 Å². The Kier molecular flexibility index (Phi) is 12.1. The minimum Gasteiger partial charge on any atom is -0.432 e. The number of benzene rings is 2. The normalized spacial score (nSPS) is 27.4. The van der Waals surface area contributed by atoms with E-state index in [-0.39, 0.29) is 42.4 Å². The van der Waals surface area contributed by atoms with E-state index >= 15 is 8.78 Å². The quantitative estimate of drug-likeness (QED) is 0.174. The summed E-state index contributed by atoms with van der Waals surface area (Å²) in [6.07, 6.45) is 2.19. The van der Waals surface area contributed by atoms with Crippen molar-refractivity contribution in [2.45, 2.75) is 103 Å². The Balaban J connectivity index is 1.09. The zero-order valence-corrected chi connectivity index (χ0v) is 27.2. The van der Waals surface area contributed by atoms with Crippen LogP contribution in [-0.2, 0) is 9.47 Å². The molecule has 266 valence electrons. The number of unbranched alkanes of at least 4 members (excludes halogenated alkanes) is 2. The Morgan fingerprint density at radius 1 is 0.750 bits per heavy atom. The van der Waals surface area contributed by atoms with Gasteiger partial charge in [-0.3, -0.25) is 0 Å². The number of rotatable bonds is 11. The van der Waals surface area contributed by atoms with Gasteiger partial charge in [0, 0.05) is 35.1 Å². The van der Waals surface area contributed by atoms with E-state index in [1.165, 1.54) is 19.3 Å². The third-order valence-corrected chi connectivity index (χ3v) is 10.3. The van der Waals surface area contributed by atoms with Crippen LogP contribution >= 0.6 is 0 Å². The molecular formula is C37H44F8O3. The summed E-state index contributed by atoms with van der Waals surface area (Å²) in [6, 6.07) is 4.20. The molecule has 1 saturated heterocycles.